The molecule has 0 radical (unpaired) electrons. The van der Waals surface area contributed by atoms with E-state index in [1.165, 1.54) is 0 Å². The zero-order valence-electron chi connectivity index (χ0n) is 21.0. The topological polar surface area (TPSA) is 147 Å². The summed E-state index contributed by atoms with van der Waals surface area (Å²) in [6, 6.07) is 8.70. The molecule has 3 saturated carbocycles. The minimum atomic E-state index is -0.699. The number of hydrogen-bond donors (Lipinski definition) is 4. The minimum Gasteiger partial charge on any atom is -0.444 e. The summed E-state index contributed by atoms with van der Waals surface area (Å²) in [4.78, 5) is 52.2. The Morgan fingerprint density at radius 2 is 1.64 bits per heavy atom. The van der Waals surface area contributed by atoms with Gasteiger partial charge in [0.25, 0.3) is 0 Å². The summed E-state index contributed by atoms with van der Waals surface area (Å²) in [5.74, 6) is -1.16. The van der Waals surface area contributed by atoms with E-state index in [0.717, 1.165) is 5.56 Å². The Bertz CT molecular complexity index is 971. The fourth-order valence-electron chi connectivity index (χ4n) is 4.61. The summed E-state index contributed by atoms with van der Waals surface area (Å²) in [6.45, 7) is 8.23. The zero-order chi connectivity index (χ0) is 26.4. The summed E-state index contributed by atoms with van der Waals surface area (Å²) in [6.07, 6.45) is 1.87. The van der Waals surface area contributed by atoms with Gasteiger partial charge in [0.2, 0.25) is 17.7 Å². The number of carbonyl (C=O) groups excluding carboxylic acids is 4. The van der Waals surface area contributed by atoms with Crippen LogP contribution in [0.15, 0.2) is 35.3 Å². The zero-order valence-corrected chi connectivity index (χ0v) is 21.0. The average Bonchev–Trinajstić information content (AvgIpc) is 2.76. The molecule has 11 nitrogen and oxygen atoms in total. The van der Waals surface area contributed by atoms with Crippen LogP contribution in [-0.2, 0) is 30.3 Å². The Morgan fingerprint density at radius 3 is 2.25 bits per heavy atom. The van der Waals surface area contributed by atoms with Gasteiger partial charge in [-0.2, -0.15) is 0 Å². The molecular weight excluding hydrogens is 466 g/mol. The molecule has 11 heteroatoms. The second kappa shape index (κ2) is 11.1. The number of carbonyl (C=O) groups is 4. The van der Waals surface area contributed by atoms with Crippen molar-refractivity contribution in [3.05, 3.63) is 35.9 Å². The lowest BCUT2D eigenvalue weighted by Crippen LogP contribution is -2.84. The maximum absolute atomic E-state index is 12.3. The first kappa shape index (κ1) is 27.1. The number of amides is 4. The van der Waals surface area contributed by atoms with Crippen molar-refractivity contribution in [3.8, 4) is 0 Å². The predicted octanol–water partition coefficient (Wildman–Crippen LogP) is 0.821. The monoisotopic (exact) mass is 501 g/mol. The highest BCUT2D eigenvalue weighted by Gasteiger charge is 2.69. The molecule has 3 fully saturated rings. The SMILES string of the molecule is C=N[C@@H](Cc1ccccc1)C(=O)NCC(=O)NCOCC(=O)NC12CC(NC(=O)OC(C)(C)C)(C1)C2. The molecule has 196 valence electrons. The Morgan fingerprint density at radius 1 is 1.00 bits per heavy atom. The predicted molar refractivity (Wildman–Crippen MR) is 132 cm³/mol. The summed E-state index contributed by atoms with van der Waals surface area (Å²) in [5, 5.41) is 10.8. The van der Waals surface area contributed by atoms with Crippen molar-refractivity contribution in [1.29, 1.82) is 0 Å². The van der Waals surface area contributed by atoms with Crippen molar-refractivity contribution in [2.45, 2.75) is 69.2 Å². The van der Waals surface area contributed by atoms with E-state index in [1.54, 1.807) is 20.8 Å². The van der Waals surface area contributed by atoms with E-state index < -0.39 is 29.6 Å². The summed E-state index contributed by atoms with van der Waals surface area (Å²) < 4.78 is 10.5. The molecule has 36 heavy (non-hydrogen) atoms. The maximum atomic E-state index is 12.3. The third-order valence-electron chi connectivity index (χ3n) is 6.02. The fraction of sp³-hybridized carbons (Fsp3) is 0.560. The largest absolute Gasteiger partial charge is 0.444 e. The Hall–Kier alpha value is -3.47. The van der Waals surface area contributed by atoms with Gasteiger partial charge in [0, 0.05) is 12.0 Å². The second-order valence-corrected chi connectivity index (χ2v) is 10.5. The van der Waals surface area contributed by atoms with Gasteiger partial charge in [-0.3, -0.25) is 19.4 Å². The molecule has 0 unspecified atom stereocenters. The third-order valence-corrected chi connectivity index (χ3v) is 6.02. The fourth-order valence-corrected chi connectivity index (χ4v) is 4.61. The number of benzene rings is 1. The number of alkyl carbamates (subject to hydrolysis) is 1. The quantitative estimate of drug-likeness (QED) is 0.189. The summed E-state index contributed by atoms with van der Waals surface area (Å²) in [5.41, 5.74) is -0.255. The number of rotatable bonds is 12. The molecule has 0 saturated heterocycles. The van der Waals surface area contributed by atoms with Crippen LogP contribution in [0.3, 0.4) is 0 Å². The van der Waals surface area contributed by atoms with E-state index in [0.29, 0.717) is 25.7 Å². The third kappa shape index (κ3) is 7.51. The molecule has 4 amide bonds. The highest BCUT2D eigenvalue weighted by molar-refractivity contribution is 5.88. The van der Waals surface area contributed by atoms with Gasteiger partial charge in [-0.25, -0.2) is 4.79 Å². The van der Waals surface area contributed by atoms with Gasteiger partial charge in [-0.05, 0) is 52.3 Å². The van der Waals surface area contributed by atoms with Crippen molar-refractivity contribution in [2.75, 3.05) is 19.9 Å². The van der Waals surface area contributed by atoms with Gasteiger partial charge in [0.05, 0.1) is 12.1 Å². The number of nitrogens with zero attached hydrogens (tertiary/aromatic N) is 1. The van der Waals surface area contributed by atoms with Crippen molar-refractivity contribution < 1.29 is 28.7 Å². The van der Waals surface area contributed by atoms with Crippen LogP contribution in [0.25, 0.3) is 0 Å². The molecule has 2 bridgehead atoms. The van der Waals surface area contributed by atoms with E-state index in [2.05, 4.69) is 33.0 Å². The number of ether oxygens (including phenoxy) is 2. The number of nitrogens with one attached hydrogen (secondary N) is 4. The molecule has 4 rings (SSSR count). The molecule has 1 aromatic carbocycles. The van der Waals surface area contributed by atoms with Crippen molar-refractivity contribution in [3.63, 3.8) is 0 Å². The van der Waals surface area contributed by atoms with E-state index in [1.807, 2.05) is 30.3 Å². The second-order valence-electron chi connectivity index (χ2n) is 10.5. The van der Waals surface area contributed by atoms with Gasteiger partial charge >= 0.3 is 6.09 Å². The van der Waals surface area contributed by atoms with Gasteiger partial charge in [-0.15, -0.1) is 0 Å². The van der Waals surface area contributed by atoms with E-state index in [4.69, 9.17) is 9.47 Å². The molecular formula is C25H35N5O6. The van der Waals surface area contributed by atoms with Crippen LogP contribution < -0.4 is 21.3 Å². The smallest absolute Gasteiger partial charge is 0.408 e. The standard InChI is InChI=1S/C25H35N5O6/c1-23(2,3)36-22(34)30-25-13-24(14-25,15-25)29-20(32)12-35-16-28-19(31)11-27-21(33)18(26-4)10-17-8-6-5-7-9-17/h5-9,18H,4,10-16H2,1-3H3,(H,27,33)(H,28,31)(H,29,32)(H,30,34)/t18-,24?,25?/m0/s1. The first-order chi connectivity index (χ1) is 16.9. The lowest BCUT2D eigenvalue weighted by molar-refractivity contribution is -0.145. The van der Waals surface area contributed by atoms with Crippen LogP contribution in [0.1, 0.15) is 45.6 Å². The molecule has 0 heterocycles. The Labute approximate surface area is 210 Å². The first-order valence-electron chi connectivity index (χ1n) is 11.9. The summed E-state index contributed by atoms with van der Waals surface area (Å²) >= 11 is 0. The van der Waals surface area contributed by atoms with Gasteiger partial charge in [-0.1, -0.05) is 30.3 Å². The minimum absolute atomic E-state index is 0.174. The van der Waals surface area contributed by atoms with E-state index in [-0.39, 0.29) is 36.9 Å². The Balaban J connectivity index is 1.25. The molecule has 1 atom stereocenters. The van der Waals surface area contributed by atoms with Crippen LogP contribution in [0.4, 0.5) is 4.79 Å². The average molecular weight is 502 g/mol. The van der Waals surface area contributed by atoms with Crippen LogP contribution in [0.2, 0.25) is 0 Å². The highest BCUT2D eigenvalue weighted by atomic mass is 16.6. The molecule has 0 aliphatic heterocycles. The van der Waals surface area contributed by atoms with Crippen LogP contribution in [0.5, 0.6) is 0 Å². The normalized spacial score (nSPS) is 22.6. The molecule has 3 aliphatic rings. The summed E-state index contributed by atoms with van der Waals surface area (Å²) in [7, 11) is 0. The molecule has 1 aromatic rings. The van der Waals surface area contributed by atoms with E-state index in [9.17, 15) is 19.2 Å². The lowest BCUT2D eigenvalue weighted by Gasteiger charge is -2.70. The number of hydrogen-bond acceptors (Lipinski definition) is 7. The molecule has 0 spiro atoms. The van der Waals surface area contributed by atoms with Crippen LogP contribution in [-0.4, -0.2) is 73.1 Å². The molecule has 3 aliphatic carbocycles. The van der Waals surface area contributed by atoms with Crippen LogP contribution >= 0.6 is 0 Å². The van der Waals surface area contributed by atoms with Crippen LogP contribution in [0, 0.1) is 0 Å². The van der Waals surface area contributed by atoms with Gasteiger partial charge in [0.1, 0.15) is 25.0 Å². The van der Waals surface area contributed by atoms with Crippen molar-refractivity contribution in [1.82, 2.24) is 21.3 Å². The van der Waals surface area contributed by atoms with Crippen molar-refractivity contribution >= 4 is 30.5 Å². The van der Waals surface area contributed by atoms with Gasteiger partial charge < -0.3 is 30.7 Å². The first-order valence-corrected chi connectivity index (χ1v) is 11.9. The Kier molecular flexibility index (Phi) is 8.34. The molecule has 4 N–H and O–H groups in total. The van der Waals surface area contributed by atoms with Crippen molar-refractivity contribution in [2.24, 2.45) is 4.99 Å². The van der Waals surface area contributed by atoms with E-state index >= 15 is 0 Å². The maximum Gasteiger partial charge on any atom is 0.408 e. The van der Waals surface area contributed by atoms with Gasteiger partial charge in [0.15, 0.2) is 0 Å². The lowest BCUT2D eigenvalue weighted by atomic mass is 9.44. The highest BCUT2D eigenvalue weighted by Crippen LogP contribution is 2.60. The molecule has 0 aromatic heterocycles. The number of aliphatic imine (C=N–C) groups is 1.